The predicted molar refractivity (Wildman–Crippen MR) is 99.2 cm³/mol. The number of rotatable bonds is 4. The molecule has 2 aliphatic rings. The van der Waals surface area contributed by atoms with E-state index in [0.29, 0.717) is 16.8 Å². The van der Waals surface area contributed by atoms with Crippen molar-refractivity contribution in [2.24, 2.45) is 11.8 Å². The van der Waals surface area contributed by atoms with E-state index in [1.807, 2.05) is 18.2 Å². The number of anilines is 1. The minimum atomic E-state index is -2.74. The Labute approximate surface area is 156 Å². The zero-order valence-electron chi connectivity index (χ0n) is 14.9. The number of benzene rings is 1. The second-order valence-electron chi connectivity index (χ2n) is 7.45. The highest BCUT2D eigenvalue weighted by Gasteiger charge is 2.41. The molecule has 0 spiro atoms. The van der Waals surface area contributed by atoms with E-state index in [2.05, 4.69) is 11.1 Å². The van der Waals surface area contributed by atoms with Crippen molar-refractivity contribution in [3.63, 3.8) is 0 Å². The normalized spacial score (nSPS) is 24.4. The standard InChI is InChI=1S/C20H22F2N2OS/c1-11-23-17(19(21)22)18(26-11)20(25)24(2)16-6-4-3-5-14(16)15-10-12-7-8-13(15)9-12/h3-6,12-13,15,19H,7-10H2,1-2H3. The van der Waals surface area contributed by atoms with E-state index in [-0.39, 0.29) is 4.88 Å². The molecule has 2 bridgehead atoms. The number of fused-ring (bicyclic) bond motifs is 2. The first-order valence-electron chi connectivity index (χ1n) is 9.08. The van der Waals surface area contributed by atoms with Gasteiger partial charge in [0, 0.05) is 12.7 Å². The largest absolute Gasteiger partial charge is 0.310 e. The summed E-state index contributed by atoms with van der Waals surface area (Å²) in [6.45, 7) is 1.65. The molecule has 2 fully saturated rings. The Bertz CT molecular complexity index is 835. The van der Waals surface area contributed by atoms with Crippen molar-refractivity contribution in [3.05, 3.63) is 45.4 Å². The molecule has 0 aliphatic heterocycles. The number of alkyl halides is 2. The molecule has 3 atom stereocenters. The number of amides is 1. The van der Waals surface area contributed by atoms with E-state index in [0.717, 1.165) is 22.9 Å². The van der Waals surface area contributed by atoms with Crippen molar-refractivity contribution in [1.82, 2.24) is 4.98 Å². The number of thiazole rings is 1. The quantitative estimate of drug-likeness (QED) is 0.699. The molecular weight excluding hydrogens is 354 g/mol. The Morgan fingerprint density at radius 3 is 2.69 bits per heavy atom. The molecule has 0 saturated heterocycles. The molecule has 138 valence electrons. The van der Waals surface area contributed by atoms with Gasteiger partial charge in [-0.05, 0) is 55.6 Å². The lowest BCUT2D eigenvalue weighted by Gasteiger charge is -2.28. The highest BCUT2D eigenvalue weighted by molar-refractivity contribution is 7.13. The van der Waals surface area contributed by atoms with Gasteiger partial charge in [-0.2, -0.15) is 0 Å². The second-order valence-corrected chi connectivity index (χ2v) is 8.66. The van der Waals surface area contributed by atoms with Gasteiger partial charge in [0.05, 0.1) is 5.01 Å². The van der Waals surface area contributed by atoms with E-state index in [1.165, 1.54) is 36.1 Å². The van der Waals surface area contributed by atoms with Gasteiger partial charge in [0.1, 0.15) is 10.6 Å². The van der Waals surface area contributed by atoms with Crippen LogP contribution in [0.15, 0.2) is 24.3 Å². The van der Waals surface area contributed by atoms with Gasteiger partial charge < -0.3 is 4.90 Å². The SMILES string of the molecule is Cc1nc(C(F)F)c(C(=O)N(C)c2ccccc2C2CC3CCC2C3)s1. The molecule has 2 aromatic rings. The fourth-order valence-corrected chi connectivity index (χ4v) is 5.64. The van der Waals surface area contributed by atoms with Crippen molar-refractivity contribution in [2.45, 2.75) is 45.0 Å². The first-order chi connectivity index (χ1) is 12.5. The number of aryl methyl sites for hydroxylation is 1. The number of carbonyl (C=O) groups is 1. The molecule has 1 amide bonds. The van der Waals surface area contributed by atoms with Crippen LogP contribution >= 0.6 is 11.3 Å². The van der Waals surface area contributed by atoms with Crippen LogP contribution in [0.25, 0.3) is 0 Å². The molecular formula is C20H22F2N2OS. The lowest BCUT2D eigenvalue weighted by atomic mass is 9.82. The summed E-state index contributed by atoms with van der Waals surface area (Å²) in [5.41, 5.74) is 1.61. The molecule has 4 rings (SSSR count). The molecule has 6 heteroatoms. The fourth-order valence-electron chi connectivity index (χ4n) is 4.74. The molecule has 0 radical (unpaired) electrons. The van der Waals surface area contributed by atoms with E-state index in [1.54, 1.807) is 14.0 Å². The van der Waals surface area contributed by atoms with Crippen molar-refractivity contribution in [2.75, 3.05) is 11.9 Å². The Hall–Kier alpha value is -1.82. The Kier molecular flexibility index (Phi) is 4.55. The van der Waals surface area contributed by atoms with Gasteiger partial charge in [0.2, 0.25) is 0 Å². The van der Waals surface area contributed by atoms with Crippen molar-refractivity contribution in [3.8, 4) is 0 Å². The maximum Gasteiger partial charge on any atom is 0.282 e. The Morgan fingerprint density at radius 1 is 1.27 bits per heavy atom. The smallest absolute Gasteiger partial charge is 0.282 e. The summed E-state index contributed by atoms with van der Waals surface area (Å²) >= 11 is 1.04. The summed E-state index contributed by atoms with van der Waals surface area (Å²) in [6.07, 6.45) is 2.28. The molecule has 26 heavy (non-hydrogen) atoms. The zero-order chi connectivity index (χ0) is 18.4. The first-order valence-corrected chi connectivity index (χ1v) is 9.89. The highest BCUT2D eigenvalue weighted by Crippen LogP contribution is 2.54. The fraction of sp³-hybridized carbons (Fsp3) is 0.500. The van der Waals surface area contributed by atoms with Gasteiger partial charge in [-0.3, -0.25) is 4.79 Å². The van der Waals surface area contributed by atoms with Gasteiger partial charge in [-0.15, -0.1) is 11.3 Å². The summed E-state index contributed by atoms with van der Waals surface area (Å²) in [7, 11) is 1.68. The van der Waals surface area contributed by atoms with Crippen LogP contribution in [0.5, 0.6) is 0 Å². The second kappa shape index (κ2) is 6.72. The number of halogens is 2. The van der Waals surface area contributed by atoms with Crippen LogP contribution in [-0.2, 0) is 0 Å². The number of carbonyl (C=O) groups excluding carboxylic acids is 1. The van der Waals surface area contributed by atoms with Crippen LogP contribution in [0.1, 0.15) is 64.0 Å². The first kappa shape index (κ1) is 17.6. The maximum absolute atomic E-state index is 13.3. The average Bonchev–Trinajstić information content (AvgIpc) is 3.35. The molecule has 0 N–H and O–H groups in total. The third-order valence-electron chi connectivity index (χ3n) is 5.90. The van der Waals surface area contributed by atoms with Gasteiger partial charge in [0.15, 0.2) is 0 Å². The van der Waals surface area contributed by atoms with Crippen LogP contribution in [0.4, 0.5) is 14.5 Å². The number of hydrogen-bond acceptors (Lipinski definition) is 3. The number of aromatic nitrogens is 1. The number of nitrogens with zero attached hydrogens (tertiary/aromatic N) is 2. The van der Waals surface area contributed by atoms with Crippen molar-refractivity contribution in [1.29, 1.82) is 0 Å². The molecule has 1 heterocycles. The Balaban J connectivity index is 1.67. The molecule has 1 aromatic heterocycles. The maximum atomic E-state index is 13.3. The van der Waals surface area contributed by atoms with E-state index < -0.39 is 18.0 Å². The average molecular weight is 376 g/mol. The lowest BCUT2D eigenvalue weighted by molar-refractivity contribution is 0.0981. The third kappa shape index (κ3) is 2.94. The third-order valence-corrected chi connectivity index (χ3v) is 6.88. The van der Waals surface area contributed by atoms with Gasteiger partial charge in [-0.1, -0.05) is 24.6 Å². The minimum absolute atomic E-state index is 0.0442. The highest BCUT2D eigenvalue weighted by atomic mass is 32.1. The molecule has 2 saturated carbocycles. The monoisotopic (exact) mass is 376 g/mol. The van der Waals surface area contributed by atoms with Crippen molar-refractivity contribution >= 4 is 22.9 Å². The summed E-state index contributed by atoms with van der Waals surface area (Å²) in [5, 5.41) is 0.485. The predicted octanol–water partition coefficient (Wildman–Crippen LogP) is 5.57. The molecule has 3 unspecified atom stereocenters. The van der Waals surface area contributed by atoms with Crippen molar-refractivity contribution < 1.29 is 13.6 Å². The summed E-state index contributed by atoms with van der Waals surface area (Å²) in [6, 6.07) is 7.93. The van der Waals surface area contributed by atoms with Crippen LogP contribution in [0.3, 0.4) is 0 Å². The van der Waals surface area contributed by atoms with Gasteiger partial charge in [0.25, 0.3) is 12.3 Å². The molecule has 2 aliphatic carbocycles. The number of para-hydroxylation sites is 1. The Morgan fingerprint density at radius 2 is 2.04 bits per heavy atom. The van der Waals surface area contributed by atoms with Crippen LogP contribution in [0.2, 0.25) is 0 Å². The summed E-state index contributed by atoms with van der Waals surface area (Å²) in [4.78, 5) is 18.4. The number of hydrogen-bond donors (Lipinski definition) is 0. The summed E-state index contributed by atoms with van der Waals surface area (Å²) < 4.78 is 26.5. The van der Waals surface area contributed by atoms with Crippen LogP contribution in [-0.4, -0.2) is 17.9 Å². The lowest BCUT2D eigenvalue weighted by Crippen LogP contribution is -2.28. The van der Waals surface area contributed by atoms with E-state index in [4.69, 9.17) is 0 Å². The molecule has 3 nitrogen and oxygen atoms in total. The van der Waals surface area contributed by atoms with E-state index in [9.17, 15) is 13.6 Å². The summed E-state index contributed by atoms with van der Waals surface area (Å²) in [5.74, 6) is 1.56. The minimum Gasteiger partial charge on any atom is -0.310 e. The van der Waals surface area contributed by atoms with Gasteiger partial charge >= 0.3 is 0 Å². The van der Waals surface area contributed by atoms with Gasteiger partial charge in [-0.25, -0.2) is 13.8 Å². The van der Waals surface area contributed by atoms with Crippen LogP contribution < -0.4 is 4.90 Å². The van der Waals surface area contributed by atoms with Crippen LogP contribution in [0, 0.1) is 18.8 Å². The molecule has 1 aromatic carbocycles. The zero-order valence-corrected chi connectivity index (χ0v) is 15.7. The van der Waals surface area contributed by atoms with E-state index >= 15 is 0 Å². The topological polar surface area (TPSA) is 33.2 Å².